The molecule has 0 radical (unpaired) electrons. The van der Waals surface area contributed by atoms with Gasteiger partial charge >= 0.3 is 0 Å². The summed E-state index contributed by atoms with van der Waals surface area (Å²) in [7, 11) is 0. The Kier molecular flexibility index (Phi) is 5.54. The third-order valence-electron chi connectivity index (χ3n) is 6.68. The molecule has 6 nitrogen and oxygen atoms in total. The van der Waals surface area contributed by atoms with Gasteiger partial charge in [-0.05, 0) is 52.2 Å². The summed E-state index contributed by atoms with van der Waals surface area (Å²) in [6.45, 7) is 1.28. The third kappa shape index (κ3) is 3.92. The van der Waals surface area contributed by atoms with Crippen molar-refractivity contribution in [3.63, 3.8) is 0 Å². The average Bonchev–Trinajstić information content (AvgIpc) is 3.24. The van der Waals surface area contributed by atoms with Crippen LogP contribution in [0.1, 0.15) is 37.7 Å². The lowest BCUT2D eigenvalue weighted by Crippen LogP contribution is -2.31. The molecule has 1 N–H and O–H groups in total. The van der Waals surface area contributed by atoms with Crippen molar-refractivity contribution < 1.29 is 9.59 Å². The van der Waals surface area contributed by atoms with Crippen LogP contribution in [0, 0.1) is 0 Å². The molecule has 3 aromatic carbocycles. The molecule has 1 aliphatic rings. The lowest BCUT2D eigenvalue weighted by Gasteiger charge is -2.23. The van der Waals surface area contributed by atoms with Crippen LogP contribution < -0.4 is 10.2 Å². The van der Waals surface area contributed by atoms with Crippen LogP contribution in [-0.4, -0.2) is 21.4 Å². The van der Waals surface area contributed by atoms with Crippen LogP contribution in [0.15, 0.2) is 103 Å². The van der Waals surface area contributed by atoms with Crippen molar-refractivity contribution in [3.8, 4) is 0 Å². The fourth-order valence-electron chi connectivity index (χ4n) is 4.87. The van der Waals surface area contributed by atoms with Crippen LogP contribution in [0.2, 0.25) is 0 Å². The maximum atomic E-state index is 14.0. The number of amides is 2. The van der Waals surface area contributed by atoms with E-state index in [2.05, 4.69) is 10.3 Å². The largest absolute Gasteiger partial charge is 0.347 e. The number of rotatable bonds is 4. The molecule has 2 aromatic heterocycles. The van der Waals surface area contributed by atoms with E-state index in [9.17, 15) is 9.59 Å². The zero-order valence-corrected chi connectivity index (χ0v) is 19.6. The predicted molar refractivity (Wildman–Crippen MR) is 140 cm³/mol. The number of carbonyl (C=O) groups is 2. The van der Waals surface area contributed by atoms with Crippen LogP contribution in [0.3, 0.4) is 0 Å². The summed E-state index contributed by atoms with van der Waals surface area (Å²) >= 11 is 0. The van der Waals surface area contributed by atoms with Gasteiger partial charge in [-0.1, -0.05) is 60.7 Å². The number of aromatic nitrogens is 2. The van der Waals surface area contributed by atoms with Crippen molar-refractivity contribution in [1.82, 2.24) is 14.9 Å². The van der Waals surface area contributed by atoms with Crippen LogP contribution in [0.4, 0.5) is 5.69 Å². The van der Waals surface area contributed by atoms with Crippen molar-refractivity contribution in [3.05, 3.63) is 131 Å². The summed E-state index contributed by atoms with van der Waals surface area (Å²) in [5.74, 6) is -0.215. The van der Waals surface area contributed by atoms with E-state index >= 15 is 0 Å². The fraction of sp³-hybridized carbons (Fsp3) is 0.100. The van der Waals surface area contributed by atoms with Gasteiger partial charge in [-0.25, -0.2) is 0 Å². The summed E-state index contributed by atoms with van der Waals surface area (Å²) in [4.78, 5) is 33.0. The van der Waals surface area contributed by atoms with E-state index in [1.807, 2.05) is 100 Å². The number of nitrogens with one attached hydrogen (secondary N) is 1. The molecule has 0 unspecified atom stereocenters. The fourth-order valence-corrected chi connectivity index (χ4v) is 4.87. The Morgan fingerprint density at radius 3 is 2.56 bits per heavy atom. The maximum Gasteiger partial charge on any atom is 0.268 e. The smallest absolute Gasteiger partial charge is 0.268 e. The van der Waals surface area contributed by atoms with Gasteiger partial charge in [-0.3, -0.25) is 14.6 Å². The second-order valence-electron chi connectivity index (χ2n) is 8.89. The van der Waals surface area contributed by atoms with Gasteiger partial charge in [0, 0.05) is 35.9 Å². The van der Waals surface area contributed by atoms with Gasteiger partial charge in [-0.2, -0.15) is 0 Å². The number of hydrogen-bond acceptors (Lipinski definition) is 3. The quantitative estimate of drug-likeness (QED) is 0.392. The Morgan fingerprint density at radius 1 is 0.833 bits per heavy atom. The molecule has 0 saturated heterocycles. The summed E-state index contributed by atoms with van der Waals surface area (Å²) in [6.07, 6.45) is 3.45. The highest BCUT2D eigenvalue weighted by Gasteiger charge is 2.28. The first kappa shape index (κ1) is 21.8. The molecule has 0 aliphatic carbocycles. The molecule has 0 saturated carbocycles. The van der Waals surface area contributed by atoms with E-state index in [0.717, 1.165) is 33.3 Å². The van der Waals surface area contributed by atoms with E-state index in [1.54, 1.807) is 12.4 Å². The van der Waals surface area contributed by atoms with E-state index in [1.165, 1.54) is 0 Å². The highest BCUT2D eigenvalue weighted by Crippen LogP contribution is 2.31. The molecule has 176 valence electrons. The number of para-hydroxylation sites is 1. The Balaban J connectivity index is 1.36. The summed E-state index contributed by atoms with van der Waals surface area (Å²) < 4.78 is 2.01. The molecule has 0 bridgehead atoms. The molecule has 6 rings (SSSR count). The minimum absolute atomic E-state index is 0.0588. The zero-order valence-electron chi connectivity index (χ0n) is 19.6. The third-order valence-corrected chi connectivity index (χ3v) is 6.68. The first-order valence-corrected chi connectivity index (χ1v) is 11.9. The van der Waals surface area contributed by atoms with Crippen LogP contribution in [0.25, 0.3) is 10.8 Å². The van der Waals surface area contributed by atoms with Gasteiger partial charge < -0.3 is 14.8 Å². The van der Waals surface area contributed by atoms with Gasteiger partial charge in [0.2, 0.25) is 0 Å². The van der Waals surface area contributed by atoms with Crippen LogP contribution in [-0.2, 0) is 19.6 Å². The Bertz CT molecular complexity index is 1580. The molecular formula is C30H24N4O2. The van der Waals surface area contributed by atoms with E-state index in [0.29, 0.717) is 30.9 Å². The first-order chi connectivity index (χ1) is 17.7. The lowest BCUT2D eigenvalue weighted by atomic mass is 10.0. The number of benzene rings is 3. The first-order valence-electron chi connectivity index (χ1n) is 11.9. The molecule has 36 heavy (non-hydrogen) atoms. The molecule has 3 heterocycles. The molecule has 0 spiro atoms. The van der Waals surface area contributed by atoms with E-state index < -0.39 is 0 Å². The standard InChI is InChI=1S/C30H24N4O2/c35-29(32-18-21-7-6-16-31-17-21)28-15-14-24-20-34(27-13-4-2-9-23(27)19-33(24)28)30(36)26-12-5-10-22-8-1-3-11-25(22)26/h1-17H,18-20H2,(H,32,35). The topological polar surface area (TPSA) is 67.2 Å². The summed E-state index contributed by atoms with van der Waals surface area (Å²) in [6, 6.07) is 29.2. The molecule has 1 aliphatic heterocycles. The Morgan fingerprint density at radius 2 is 1.67 bits per heavy atom. The average molecular weight is 473 g/mol. The molecule has 2 amide bonds. The van der Waals surface area contributed by atoms with Crippen molar-refractivity contribution in [2.75, 3.05) is 4.90 Å². The minimum atomic E-state index is -0.156. The zero-order chi connectivity index (χ0) is 24.5. The normalized spacial score (nSPS) is 12.5. The molecule has 5 aromatic rings. The van der Waals surface area contributed by atoms with E-state index in [4.69, 9.17) is 0 Å². The second kappa shape index (κ2) is 9.15. The molecular weight excluding hydrogens is 448 g/mol. The number of fused-ring (bicyclic) bond motifs is 3. The van der Waals surface area contributed by atoms with Crippen LogP contribution >= 0.6 is 0 Å². The Labute approximate surface area is 208 Å². The van der Waals surface area contributed by atoms with Crippen molar-refractivity contribution in [2.24, 2.45) is 0 Å². The van der Waals surface area contributed by atoms with Gasteiger partial charge in [0.15, 0.2) is 0 Å². The minimum Gasteiger partial charge on any atom is -0.347 e. The van der Waals surface area contributed by atoms with Gasteiger partial charge in [0.25, 0.3) is 11.8 Å². The summed E-state index contributed by atoms with van der Waals surface area (Å²) in [5, 5.41) is 4.95. The Hall–Kier alpha value is -4.71. The van der Waals surface area contributed by atoms with Gasteiger partial charge in [0.1, 0.15) is 5.69 Å². The molecule has 6 heteroatoms. The lowest BCUT2D eigenvalue weighted by molar-refractivity contribution is 0.0941. The SMILES string of the molecule is O=C(NCc1cccnc1)c1ccc2n1Cc1ccccc1N(C(=O)c1cccc3ccccc13)C2. The predicted octanol–water partition coefficient (Wildman–Crippen LogP) is 5.18. The number of nitrogens with zero attached hydrogens (tertiary/aromatic N) is 3. The number of hydrogen-bond donors (Lipinski definition) is 1. The second-order valence-corrected chi connectivity index (χ2v) is 8.89. The van der Waals surface area contributed by atoms with E-state index in [-0.39, 0.29) is 11.8 Å². The maximum absolute atomic E-state index is 14.0. The monoisotopic (exact) mass is 472 g/mol. The van der Waals surface area contributed by atoms with Crippen molar-refractivity contribution in [2.45, 2.75) is 19.6 Å². The highest BCUT2D eigenvalue weighted by atomic mass is 16.2. The van der Waals surface area contributed by atoms with Crippen molar-refractivity contribution in [1.29, 1.82) is 0 Å². The van der Waals surface area contributed by atoms with Crippen molar-refractivity contribution >= 4 is 28.3 Å². The molecule has 0 fully saturated rings. The number of carbonyl (C=O) groups excluding carboxylic acids is 2. The van der Waals surface area contributed by atoms with Crippen LogP contribution in [0.5, 0.6) is 0 Å². The molecule has 0 atom stereocenters. The summed E-state index contributed by atoms with van der Waals surface area (Å²) in [5.41, 5.74) is 4.93. The highest BCUT2D eigenvalue weighted by molar-refractivity contribution is 6.14. The number of anilines is 1. The number of pyridine rings is 1. The van der Waals surface area contributed by atoms with Gasteiger partial charge in [-0.15, -0.1) is 0 Å². The van der Waals surface area contributed by atoms with Gasteiger partial charge in [0.05, 0.1) is 13.1 Å².